The highest BCUT2D eigenvalue weighted by atomic mass is 79.9. The Morgan fingerprint density at radius 3 is 2.56 bits per heavy atom. The van der Waals surface area contributed by atoms with Crippen molar-refractivity contribution in [1.29, 1.82) is 0 Å². The molecule has 1 aliphatic rings. The number of hydrogen-bond acceptors (Lipinski definition) is 3. The normalized spacial score (nSPS) is 15.5. The smallest absolute Gasteiger partial charge is 0.262 e. The minimum atomic E-state index is -4.12. The van der Waals surface area contributed by atoms with E-state index in [0.29, 0.717) is 0 Å². The minimum absolute atomic E-state index is 0.0305. The van der Waals surface area contributed by atoms with Crippen LogP contribution in [0.5, 0.6) is 0 Å². The first kappa shape index (κ1) is 13.8. The van der Waals surface area contributed by atoms with E-state index in [2.05, 4.69) is 21.2 Å². The van der Waals surface area contributed by atoms with Gasteiger partial charge in [0.1, 0.15) is 10.7 Å². The van der Waals surface area contributed by atoms with E-state index in [0.717, 1.165) is 25.0 Å². The summed E-state index contributed by atoms with van der Waals surface area (Å²) in [6, 6.07) is 1.82. The Bertz CT molecular complexity index is 616. The molecule has 1 aromatic rings. The van der Waals surface area contributed by atoms with Crippen LogP contribution < -0.4 is 5.32 Å². The van der Waals surface area contributed by atoms with Crippen molar-refractivity contribution in [3.05, 3.63) is 28.0 Å². The van der Waals surface area contributed by atoms with Crippen LogP contribution in [0.25, 0.3) is 0 Å². The quantitative estimate of drug-likeness (QED) is 0.846. The third kappa shape index (κ3) is 3.02. The highest BCUT2D eigenvalue weighted by Gasteiger charge is 2.27. The van der Waals surface area contributed by atoms with Crippen LogP contribution in [0.3, 0.4) is 0 Å². The van der Waals surface area contributed by atoms with Gasteiger partial charge in [-0.25, -0.2) is 12.8 Å². The van der Waals surface area contributed by atoms with Gasteiger partial charge in [0.2, 0.25) is 0 Å². The average molecular weight is 357 g/mol. The second-order valence-corrected chi connectivity index (χ2v) is 7.28. The maximum absolute atomic E-state index is 13.3. The number of amides is 1. The Kier molecular flexibility index (Phi) is 3.66. The molecule has 1 fully saturated rings. The maximum atomic E-state index is 13.3. The van der Waals surface area contributed by atoms with Gasteiger partial charge in [-0.15, -0.1) is 0 Å². The molecule has 1 saturated carbocycles. The fourth-order valence-electron chi connectivity index (χ4n) is 1.40. The van der Waals surface area contributed by atoms with Crippen LogP contribution >= 0.6 is 26.6 Å². The number of carbonyl (C=O) groups excluding carboxylic acids is 1. The molecule has 18 heavy (non-hydrogen) atoms. The predicted octanol–water partition coefficient (Wildman–Crippen LogP) is 2.41. The molecule has 0 aromatic heterocycles. The fourth-order valence-corrected chi connectivity index (χ4v) is 3.67. The first-order chi connectivity index (χ1) is 8.29. The Morgan fingerprint density at radius 2 is 2.06 bits per heavy atom. The molecule has 2 rings (SSSR count). The van der Waals surface area contributed by atoms with Crippen molar-refractivity contribution in [2.75, 3.05) is 0 Å². The van der Waals surface area contributed by atoms with E-state index in [-0.39, 0.29) is 16.1 Å². The summed E-state index contributed by atoms with van der Waals surface area (Å²) in [5, 5.41) is 2.64. The molecular formula is C10H8BrClFNO3S. The lowest BCUT2D eigenvalue weighted by Gasteiger charge is -2.08. The first-order valence-corrected chi connectivity index (χ1v) is 8.14. The van der Waals surface area contributed by atoms with Gasteiger partial charge >= 0.3 is 0 Å². The van der Waals surface area contributed by atoms with Crippen molar-refractivity contribution >= 4 is 41.6 Å². The third-order valence-corrected chi connectivity index (χ3v) is 4.89. The average Bonchev–Trinajstić information content (AvgIpc) is 3.03. The van der Waals surface area contributed by atoms with Crippen molar-refractivity contribution in [3.63, 3.8) is 0 Å². The largest absolute Gasteiger partial charge is 0.349 e. The Balaban J connectivity index is 2.47. The van der Waals surface area contributed by atoms with Crippen LogP contribution in [0.15, 0.2) is 21.5 Å². The van der Waals surface area contributed by atoms with Gasteiger partial charge in [0.25, 0.3) is 15.0 Å². The third-order valence-electron chi connectivity index (χ3n) is 2.42. The van der Waals surface area contributed by atoms with Gasteiger partial charge in [-0.05, 0) is 40.9 Å². The number of benzene rings is 1. The van der Waals surface area contributed by atoms with Crippen LogP contribution in [0.4, 0.5) is 4.39 Å². The molecule has 0 heterocycles. The van der Waals surface area contributed by atoms with Crippen molar-refractivity contribution in [1.82, 2.24) is 5.32 Å². The van der Waals surface area contributed by atoms with Gasteiger partial charge in [-0.3, -0.25) is 4.79 Å². The SMILES string of the molecule is O=C(NC1CC1)c1cc(F)cc(S(=O)(=O)Cl)c1Br. The van der Waals surface area contributed by atoms with Crippen LogP contribution in [0.1, 0.15) is 23.2 Å². The zero-order chi connectivity index (χ0) is 13.5. The molecule has 4 nitrogen and oxygen atoms in total. The van der Waals surface area contributed by atoms with E-state index in [1.165, 1.54) is 0 Å². The highest BCUT2D eigenvalue weighted by molar-refractivity contribution is 9.10. The van der Waals surface area contributed by atoms with E-state index in [4.69, 9.17) is 10.7 Å². The van der Waals surface area contributed by atoms with Crippen LogP contribution in [0, 0.1) is 5.82 Å². The standard InChI is InChI=1S/C10H8BrClFNO3S/c11-9-7(10(15)14-6-1-2-6)3-5(13)4-8(9)18(12,16)17/h3-4,6H,1-2H2,(H,14,15). The monoisotopic (exact) mass is 355 g/mol. The van der Waals surface area contributed by atoms with Gasteiger partial charge in [-0.1, -0.05) is 0 Å². The molecule has 1 N–H and O–H groups in total. The maximum Gasteiger partial charge on any atom is 0.262 e. The number of carbonyl (C=O) groups is 1. The summed E-state index contributed by atoms with van der Waals surface area (Å²) in [6.45, 7) is 0. The molecule has 0 saturated heterocycles. The van der Waals surface area contributed by atoms with E-state index in [1.54, 1.807) is 0 Å². The zero-order valence-corrected chi connectivity index (χ0v) is 12.1. The van der Waals surface area contributed by atoms with Crippen molar-refractivity contribution in [2.24, 2.45) is 0 Å². The molecule has 0 bridgehead atoms. The Hall–Kier alpha value is -0.660. The lowest BCUT2D eigenvalue weighted by molar-refractivity contribution is 0.0949. The number of rotatable bonds is 3. The van der Waals surface area contributed by atoms with E-state index >= 15 is 0 Å². The van der Waals surface area contributed by atoms with Crippen LogP contribution in [0.2, 0.25) is 0 Å². The molecule has 1 amide bonds. The van der Waals surface area contributed by atoms with Crippen molar-refractivity contribution in [2.45, 2.75) is 23.8 Å². The fraction of sp³-hybridized carbons (Fsp3) is 0.300. The first-order valence-electron chi connectivity index (χ1n) is 5.03. The molecule has 0 spiro atoms. The topological polar surface area (TPSA) is 63.2 Å². The number of hydrogen-bond donors (Lipinski definition) is 1. The minimum Gasteiger partial charge on any atom is -0.349 e. The van der Waals surface area contributed by atoms with E-state index in [1.807, 2.05) is 0 Å². The summed E-state index contributed by atoms with van der Waals surface area (Å²) >= 11 is 2.97. The molecule has 8 heteroatoms. The molecule has 0 atom stereocenters. The predicted molar refractivity (Wildman–Crippen MR) is 67.6 cm³/mol. The summed E-state index contributed by atoms with van der Waals surface area (Å²) in [5.74, 6) is -1.36. The van der Waals surface area contributed by atoms with Crippen LogP contribution in [-0.2, 0) is 9.05 Å². The zero-order valence-electron chi connectivity index (χ0n) is 8.91. The molecule has 0 aliphatic heterocycles. The number of nitrogens with one attached hydrogen (secondary N) is 1. The molecule has 1 aliphatic carbocycles. The molecule has 0 unspecified atom stereocenters. The van der Waals surface area contributed by atoms with E-state index in [9.17, 15) is 17.6 Å². The van der Waals surface area contributed by atoms with Gasteiger partial charge in [0.05, 0.1) is 10.0 Å². The van der Waals surface area contributed by atoms with Crippen molar-refractivity contribution < 1.29 is 17.6 Å². The summed E-state index contributed by atoms with van der Waals surface area (Å²) in [4.78, 5) is 11.3. The molecule has 1 aromatic carbocycles. The summed E-state index contributed by atoms with van der Waals surface area (Å²) in [6.07, 6.45) is 1.75. The van der Waals surface area contributed by atoms with Crippen LogP contribution in [-0.4, -0.2) is 20.4 Å². The lowest BCUT2D eigenvalue weighted by Crippen LogP contribution is -2.26. The second-order valence-electron chi connectivity index (χ2n) is 3.95. The van der Waals surface area contributed by atoms with E-state index < -0.39 is 25.7 Å². The Morgan fingerprint density at radius 1 is 1.44 bits per heavy atom. The molecular weight excluding hydrogens is 349 g/mol. The highest BCUT2D eigenvalue weighted by Crippen LogP contribution is 2.30. The lowest BCUT2D eigenvalue weighted by atomic mass is 10.2. The van der Waals surface area contributed by atoms with Gasteiger partial charge in [0, 0.05) is 16.7 Å². The summed E-state index contributed by atoms with van der Waals surface area (Å²) < 4.78 is 35.8. The molecule has 0 radical (unpaired) electrons. The number of halogens is 3. The van der Waals surface area contributed by atoms with Gasteiger partial charge in [0.15, 0.2) is 0 Å². The summed E-state index contributed by atoms with van der Waals surface area (Å²) in [7, 11) is 1.05. The van der Waals surface area contributed by atoms with Crippen molar-refractivity contribution in [3.8, 4) is 0 Å². The summed E-state index contributed by atoms with van der Waals surface area (Å²) in [5.41, 5.74) is -0.0823. The van der Waals surface area contributed by atoms with Gasteiger partial charge < -0.3 is 5.32 Å². The second kappa shape index (κ2) is 4.79. The molecule has 98 valence electrons. The Labute approximate surface area is 116 Å². The van der Waals surface area contributed by atoms with Gasteiger partial charge in [-0.2, -0.15) is 0 Å².